The Morgan fingerprint density at radius 1 is 1.15 bits per heavy atom. The summed E-state index contributed by atoms with van der Waals surface area (Å²) in [5, 5.41) is 13.5. The van der Waals surface area contributed by atoms with Crippen LogP contribution in [0.2, 0.25) is 0 Å². The molecule has 0 unspecified atom stereocenters. The number of benzene rings is 1. The Morgan fingerprint density at radius 3 is 2.41 bits per heavy atom. The van der Waals surface area contributed by atoms with E-state index in [2.05, 4.69) is 21.0 Å². The van der Waals surface area contributed by atoms with Crippen LogP contribution in [0.5, 0.6) is 0 Å². The monoisotopic (exact) mass is 391 g/mol. The van der Waals surface area contributed by atoms with Crippen LogP contribution in [0.3, 0.4) is 0 Å². The third kappa shape index (κ3) is 4.67. The number of hydrogen-bond donors (Lipinski definition) is 3. The van der Waals surface area contributed by atoms with Crippen LogP contribution in [0.15, 0.2) is 42.7 Å². The summed E-state index contributed by atoms with van der Waals surface area (Å²) in [6.45, 7) is 5.20. The van der Waals surface area contributed by atoms with Crippen LogP contribution in [0.4, 0.5) is 11.4 Å². The van der Waals surface area contributed by atoms with Gasteiger partial charge >= 0.3 is 0 Å². The summed E-state index contributed by atoms with van der Waals surface area (Å²) in [6, 6.07) is 9.05. The van der Waals surface area contributed by atoms with E-state index in [1.165, 1.54) is 0 Å². The highest BCUT2D eigenvalue weighted by Gasteiger charge is 2.42. The zero-order valence-electron chi connectivity index (χ0n) is 15.6. The van der Waals surface area contributed by atoms with Crippen LogP contribution in [-0.2, 0) is 15.1 Å². The van der Waals surface area contributed by atoms with E-state index in [1.807, 2.05) is 44.3 Å². The molecule has 1 saturated heterocycles. The first-order valence-electron chi connectivity index (χ1n) is 8.94. The summed E-state index contributed by atoms with van der Waals surface area (Å²) in [5.41, 5.74) is 0.618. The third-order valence-corrected chi connectivity index (χ3v) is 4.71. The number of carbonyl (C=O) groups excluding carboxylic acids is 2. The van der Waals surface area contributed by atoms with Gasteiger partial charge in [-0.2, -0.15) is 5.10 Å². The van der Waals surface area contributed by atoms with E-state index in [4.69, 9.17) is 0 Å². The Kier molecular flexibility index (Phi) is 6.98. The average Bonchev–Trinajstić information content (AvgIpc) is 3.17. The predicted octanol–water partition coefficient (Wildman–Crippen LogP) is 2.62. The van der Waals surface area contributed by atoms with Gasteiger partial charge in [-0.3, -0.25) is 14.3 Å². The van der Waals surface area contributed by atoms with Crippen LogP contribution >= 0.6 is 12.4 Å². The molecule has 1 aliphatic heterocycles. The van der Waals surface area contributed by atoms with Gasteiger partial charge in [0.1, 0.15) is 5.54 Å². The van der Waals surface area contributed by atoms with Crippen molar-refractivity contribution < 1.29 is 9.59 Å². The highest BCUT2D eigenvalue weighted by Crippen LogP contribution is 2.29. The number of nitrogens with zero attached hydrogens (tertiary/aromatic N) is 2. The standard InChI is InChI=1S/C19H25N5O2.ClH/c1-14(2)17(25)22-15-5-3-6-16(13-15)23-18(26)19(7-10-20-11-8-19)24-12-4-9-21-24;/h3-6,9,12-14,20H,7-8,10-11H2,1-2H3,(H,22,25)(H,23,26);1H. The van der Waals surface area contributed by atoms with Gasteiger partial charge in [0.25, 0.3) is 5.91 Å². The fourth-order valence-corrected chi connectivity index (χ4v) is 3.13. The molecule has 0 bridgehead atoms. The Balaban J connectivity index is 0.00000261. The maximum Gasteiger partial charge on any atom is 0.252 e. The van der Waals surface area contributed by atoms with Crippen molar-refractivity contribution in [2.45, 2.75) is 32.2 Å². The first-order valence-corrected chi connectivity index (χ1v) is 8.94. The van der Waals surface area contributed by atoms with Gasteiger partial charge in [-0.05, 0) is 50.2 Å². The third-order valence-electron chi connectivity index (χ3n) is 4.71. The van der Waals surface area contributed by atoms with Crippen molar-refractivity contribution in [2.24, 2.45) is 5.92 Å². The number of halogens is 1. The molecule has 2 heterocycles. The molecule has 2 aromatic rings. The van der Waals surface area contributed by atoms with Crippen molar-refractivity contribution >= 4 is 35.6 Å². The largest absolute Gasteiger partial charge is 0.326 e. The molecule has 0 saturated carbocycles. The Hall–Kier alpha value is -2.38. The summed E-state index contributed by atoms with van der Waals surface area (Å²) in [5.74, 6) is -0.249. The Bertz CT molecular complexity index is 770. The van der Waals surface area contributed by atoms with Crippen molar-refractivity contribution in [3.05, 3.63) is 42.7 Å². The number of aromatic nitrogens is 2. The zero-order chi connectivity index (χ0) is 18.6. The van der Waals surface area contributed by atoms with E-state index >= 15 is 0 Å². The fraction of sp³-hybridized carbons (Fsp3) is 0.421. The summed E-state index contributed by atoms with van der Waals surface area (Å²) >= 11 is 0. The Morgan fingerprint density at radius 2 is 1.81 bits per heavy atom. The molecule has 2 amide bonds. The van der Waals surface area contributed by atoms with Crippen molar-refractivity contribution in [3.63, 3.8) is 0 Å². The quantitative estimate of drug-likeness (QED) is 0.731. The lowest BCUT2D eigenvalue weighted by molar-refractivity contribution is -0.126. The highest BCUT2D eigenvalue weighted by atomic mass is 35.5. The molecule has 0 aliphatic carbocycles. The smallest absolute Gasteiger partial charge is 0.252 e. The van der Waals surface area contributed by atoms with Gasteiger partial charge in [0.15, 0.2) is 0 Å². The molecular weight excluding hydrogens is 366 g/mol. The first kappa shape index (κ1) is 20.9. The normalized spacial score (nSPS) is 15.7. The van der Waals surface area contributed by atoms with Gasteiger partial charge in [-0.1, -0.05) is 19.9 Å². The molecule has 7 nitrogen and oxygen atoms in total. The molecule has 1 aromatic carbocycles. The number of piperidine rings is 1. The molecule has 1 aliphatic rings. The SMILES string of the molecule is CC(C)C(=O)Nc1cccc(NC(=O)C2(n3cccn3)CCNCC2)c1.Cl. The van der Waals surface area contributed by atoms with E-state index in [1.54, 1.807) is 16.9 Å². The first-order chi connectivity index (χ1) is 12.5. The Labute approximate surface area is 165 Å². The molecular formula is C19H26ClN5O2. The van der Waals surface area contributed by atoms with Crippen LogP contribution in [0.25, 0.3) is 0 Å². The molecule has 8 heteroatoms. The van der Waals surface area contributed by atoms with Gasteiger partial charge in [0.2, 0.25) is 5.91 Å². The van der Waals surface area contributed by atoms with Crippen LogP contribution in [0, 0.1) is 5.92 Å². The average molecular weight is 392 g/mol. The van der Waals surface area contributed by atoms with Gasteiger partial charge in [0.05, 0.1) is 0 Å². The van der Waals surface area contributed by atoms with Crippen molar-refractivity contribution in [2.75, 3.05) is 23.7 Å². The maximum absolute atomic E-state index is 13.1. The maximum atomic E-state index is 13.1. The minimum Gasteiger partial charge on any atom is -0.326 e. The molecule has 146 valence electrons. The van der Waals surface area contributed by atoms with E-state index in [9.17, 15) is 9.59 Å². The van der Waals surface area contributed by atoms with Gasteiger partial charge < -0.3 is 16.0 Å². The topological polar surface area (TPSA) is 88.1 Å². The number of anilines is 2. The minimum atomic E-state index is -0.702. The second-order valence-electron chi connectivity index (χ2n) is 6.91. The molecule has 3 rings (SSSR count). The summed E-state index contributed by atoms with van der Waals surface area (Å²) in [7, 11) is 0. The lowest BCUT2D eigenvalue weighted by atomic mass is 9.87. The number of amides is 2. The predicted molar refractivity (Wildman–Crippen MR) is 108 cm³/mol. The van der Waals surface area contributed by atoms with Gasteiger partial charge in [0, 0.05) is 29.7 Å². The molecule has 3 N–H and O–H groups in total. The number of rotatable bonds is 5. The molecule has 1 fully saturated rings. The summed E-state index contributed by atoms with van der Waals surface area (Å²) in [6.07, 6.45) is 4.87. The molecule has 1 aromatic heterocycles. The van der Waals surface area contributed by atoms with Crippen LogP contribution < -0.4 is 16.0 Å². The molecule has 0 spiro atoms. The van der Waals surface area contributed by atoms with E-state index < -0.39 is 5.54 Å². The number of carbonyl (C=O) groups is 2. The van der Waals surface area contributed by atoms with Crippen molar-refractivity contribution in [1.82, 2.24) is 15.1 Å². The fourth-order valence-electron chi connectivity index (χ4n) is 3.13. The van der Waals surface area contributed by atoms with Crippen molar-refractivity contribution in [1.29, 1.82) is 0 Å². The van der Waals surface area contributed by atoms with E-state index in [0.29, 0.717) is 24.2 Å². The van der Waals surface area contributed by atoms with E-state index in [-0.39, 0.29) is 30.1 Å². The summed E-state index contributed by atoms with van der Waals surface area (Å²) in [4.78, 5) is 25.0. The van der Waals surface area contributed by atoms with Crippen LogP contribution in [-0.4, -0.2) is 34.7 Å². The second-order valence-corrected chi connectivity index (χ2v) is 6.91. The highest BCUT2D eigenvalue weighted by molar-refractivity contribution is 5.98. The lowest BCUT2D eigenvalue weighted by Gasteiger charge is -2.36. The van der Waals surface area contributed by atoms with Gasteiger partial charge in [-0.25, -0.2) is 0 Å². The van der Waals surface area contributed by atoms with E-state index in [0.717, 1.165) is 13.1 Å². The second kappa shape index (κ2) is 9.01. The molecule has 0 atom stereocenters. The van der Waals surface area contributed by atoms with Crippen LogP contribution in [0.1, 0.15) is 26.7 Å². The zero-order valence-corrected chi connectivity index (χ0v) is 16.4. The summed E-state index contributed by atoms with van der Waals surface area (Å²) < 4.78 is 1.76. The number of hydrogen-bond acceptors (Lipinski definition) is 4. The molecule has 27 heavy (non-hydrogen) atoms. The van der Waals surface area contributed by atoms with Crippen molar-refractivity contribution in [3.8, 4) is 0 Å². The van der Waals surface area contributed by atoms with Gasteiger partial charge in [-0.15, -0.1) is 12.4 Å². The number of nitrogens with one attached hydrogen (secondary N) is 3. The lowest BCUT2D eigenvalue weighted by Crippen LogP contribution is -2.52. The molecule has 0 radical (unpaired) electrons. The minimum absolute atomic E-state index is 0.